The number of hydrogen-bond donors (Lipinski definition) is 2. The van der Waals surface area contributed by atoms with Crippen LogP contribution in [0.1, 0.15) is 16.3 Å². The molecule has 14 heteroatoms. The fourth-order valence-electron chi connectivity index (χ4n) is 2.64. The van der Waals surface area contributed by atoms with E-state index in [9.17, 15) is 23.3 Å². The Balaban J connectivity index is 1.39. The van der Waals surface area contributed by atoms with Crippen LogP contribution in [0.4, 0.5) is 16.5 Å². The van der Waals surface area contributed by atoms with Crippen molar-refractivity contribution in [3.05, 3.63) is 82.0 Å². The van der Waals surface area contributed by atoms with Crippen LogP contribution in [-0.4, -0.2) is 34.0 Å². The van der Waals surface area contributed by atoms with Gasteiger partial charge in [-0.2, -0.15) is 5.10 Å². The van der Waals surface area contributed by atoms with Crippen molar-refractivity contribution in [2.45, 2.75) is 11.4 Å². The van der Waals surface area contributed by atoms with Crippen LogP contribution in [-0.2, 0) is 16.6 Å². The number of sulfonamides is 1. The molecule has 0 unspecified atom stereocenters. The van der Waals surface area contributed by atoms with Gasteiger partial charge in [0.05, 0.1) is 16.4 Å². The highest BCUT2D eigenvalue weighted by atomic mass is 32.2. The van der Waals surface area contributed by atoms with Crippen molar-refractivity contribution in [3.8, 4) is 0 Å². The Morgan fingerprint density at radius 1 is 1.22 bits per heavy atom. The third kappa shape index (κ3) is 4.81. The molecule has 0 bridgehead atoms. The number of anilines is 2. The highest BCUT2D eigenvalue weighted by Gasteiger charge is 2.17. The van der Waals surface area contributed by atoms with Crippen molar-refractivity contribution in [1.29, 1.82) is 0 Å². The SMILES string of the molecule is O=C(Nc1ccc(S(=O)(=O)Nc2nccs2)cc1)c1ccc(Cn2cc([N+](=O)[O-])cn2)o1. The number of nitrogens with one attached hydrogen (secondary N) is 2. The molecule has 0 saturated heterocycles. The van der Waals surface area contributed by atoms with Crippen LogP contribution in [0, 0.1) is 10.1 Å². The molecule has 0 atom stereocenters. The third-order valence-corrected chi connectivity index (χ3v) is 6.28. The standard InChI is InChI=1S/C18H14N6O6S2/c25-17(16-6-3-14(30-16)11-23-10-13(9-20-23)24(26)27)21-12-1-4-15(5-2-12)32(28,29)22-18-19-7-8-31-18/h1-10H,11H2,(H,19,22)(H,21,25). The lowest BCUT2D eigenvalue weighted by molar-refractivity contribution is -0.385. The Morgan fingerprint density at radius 2 is 2.00 bits per heavy atom. The summed E-state index contributed by atoms with van der Waals surface area (Å²) >= 11 is 1.15. The molecule has 164 valence electrons. The van der Waals surface area contributed by atoms with Gasteiger partial charge in [0.15, 0.2) is 10.9 Å². The molecule has 0 aliphatic carbocycles. The Kier molecular flexibility index (Phi) is 5.70. The second kappa shape index (κ2) is 8.60. The molecule has 4 aromatic rings. The van der Waals surface area contributed by atoms with E-state index in [0.29, 0.717) is 11.4 Å². The van der Waals surface area contributed by atoms with E-state index in [4.69, 9.17) is 4.42 Å². The zero-order valence-electron chi connectivity index (χ0n) is 16.0. The van der Waals surface area contributed by atoms with Gasteiger partial charge in [-0.15, -0.1) is 11.3 Å². The van der Waals surface area contributed by atoms with Gasteiger partial charge in [0, 0.05) is 17.3 Å². The average Bonchev–Trinajstić information content (AvgIpc) is 3.51. The molecule has 4 rings (SSSR count). The number of nitrogens with zero attached hydrogens (tertiary/aromatic N) is 4. The molecule has 0 saturated carbocycles. The summed E-state index contributed by atoms with van der Waals surface area (Å²) in [4.78, 5) is 26.5. The van der Waals surface area contributed by atoms with Gasteiger partial charge in [0.2, 0.25) is 0 Å². The first kappa shape index (κ1) is 21.2. The van der Waals surface area contributed by atoms with Crippen LogP contribution in [0.5, 0.6) is 0 Å². The lowest BCUT2D eigenvalue weighted by Crippen LogP contribution is -2.13. The van der Waals surface area contributed by atoms with E-state index >= 15 is 0 Å². The molecule has 32 heavy (non-hydrogen) atoms. The topological polar surface area (TPSA) is 162 Å². The van der Waals surface area contributed by atoms with Crippen molar-refractivity contribution >= 4 is 43.8 Å². The predicted octanol–water partition coefficient (Wildman–Crippen LogP) is 2.94. The molecule has 0 aliphatic rings. The van der Waals surface area contributed by atoms with E-state index in [-0.39, 0.29) is 28.0 Å². The lowest BCUT2D eigenvalue weighted by atomic mass is 10.3. The van der Waals surface area contributed by atoms with Crippen LogP contribution in [0.25, 0.3) is 0 Å². The monoisotopic (exact) mass is 474 g/mol. The predicted molar refractivity (Wildman–Crippen MR) is 114 cm³/mol. The average molecular weight is 474 g/mol. The van der Waals surface area contributed by atoms with Gasteiger partial charge in [0.1, 0.15) is 18.2 Å². The minimum atomic E-state index is -3.79. The molecule has 0 radical (unpaired) electrons. The zero-order valence-corrected chi connectivity index (χ0v) is 17.7. The maximum atomic E-state index is 12.4. The number of amides is 1. The summed E-state index contributed by atoms with van der Waals surface area (Å²) in [5.41, 5.74) is 0.214. The van der Waals surface area contributed by atoms with Crippen LogP contribution >= 0.6 is 11.3 Å². The van der Waals surface area contributed by atoms with Crippen molar-refractivity contribution in [1.82, 2.24) is 14.8 Å². The summed E-state index contributed by atoms with van der Waals surface area (Å²) in [6.07, 6.45) is 3.86. The van der Waals surface area contributed by atoms with Gasteiger partial charge in [0.25, 0.3) is 15.9 Å². The highest BCUT2D eigenvalue weighted by molar-refractivity contribution is 7.93. The normalized spacial score (nSPS) is 11.2. The Bertz CT molecular complexity index is 1360. The van der Waals surface area contributed by atoms with Crippen LogP contribution in [0.15, 0.2) is 69.7 Å². The van der Waals surface area contributed by atoms with Crippen molar-refractivity contribution in [3.63, 3.8) is 0 Å². The first-order valence-corrected chi connectivity index (χ1v) is 11.3. The van der Waals surface area contributed by atoms with Gasteiger partial charge < -0.3 is 9.73 Å². The minimum Gasteiger partial charge on any atom is -0.454 e. The number of furan rings is 1. The van der Waals surface area contributed by atoms with E-state index in [1.165, 1.54) is 47.4 Å². The number of thiazole rings is 1. The first-order valence-electron chi connectivity index (χ1n) is 8.89. The number of carbonyl (C=O) groups is 1. The lowest BCUT2D eigenvalue weighted by Gasteiger charge is -2.07. The molecule has 3 heterocycles. The molecule has 1 aromatic carbocycles. The first-order chi connectivity index (χ1) is 15.3. The zero-order chi connectivity index (χ0) is 22.7. The molecule has 2 N–H and O–H groups in total. The van der Waals surface area contributed by atoms with Crippen LogP contribution in [0.3, 0.4) is 0 Å². The third-order valence-electron chi connectivity index (χ3n) is 4.11. The maximum absolute atomic E-state index is 12.4. The van der Waals surface area contributed by atoms with Gasteiger partial charge in [-0.3, -0.25) is 24.3 Å². The molecule has 0 spiro atoms. The second-order valence-corrected chi connectivity index (χ2v) is 8.92. The number of rotatable bonds is 8. The summed E-state index contributed by atoms with van der Waals surface area (Å²) in [5, 5.41) is 19.1. The Morgan fingerprint density at radius 3 is 2.66 bits per heavy atom. The molecule has 0 aliphatic heterocycles. The van der Waals surface area contributed by atoms with Crippen LogP contribution < -0.4 is 10.0 Å². The number of aromatic nitrogens is 3. The van der Waals surface area contributed by atoms with E-state index in [0.717, 1.165) is 17.5 Å². The second-order valence-electron chi connectivity index (χ2n) is 6.34. The van der Waals surface area contributed by atoms with Gasteiger partial charge >= 0.3 is 5.69 Å². The molecular weight excluding hydrogens is 460 g/mol. The highest BCUT2D eigenvalue weighted by Crippen LogP contribution is 2.20. The Labute approximate surface area is 184 Å². The summed E-state index contributed by atoms with van der Waals surface area (Å²) in [5.74, 6) is -0.147. The quantitative estimate of drug-likeness (QED) is 0.291. The van der Waals surface area contributed by atoms with E-state index in [1.54, 1.807) is 11.4 Å². The summed E-state index contributed by atoms with van der Waals surface area (Å²) < 4.78 is 33.9. The number of nitro groups is 1. The largest absolute Gasteiger partial charge is 0.454 e. The fourth-order valence-corrected chi connectivity index (χ4v) is 4.42. The van der Waals surface area contributed by atoms with E-state index in [1.807, 2.05) is 0 Å². The summed E-state index contributed by atoms with van der Waals surface area (Å²) in [7, 11) is -3.79. The van der Waals surface area contributed by atoms with Crippen molar-refractivity contribution in [2.24, 2.45) is 0 Å². The van der Waals surface area contributed by atoms with Gasteiger partial charge in [-0.25, -0.2) is 13.4 Å². The minimum absolute atomic E-state index is 0.0132. The number of carbonyl (C=O) groups excluding carboxylic acids is 1. The maximum Gasteiger partial charge on any atom is 0.307 e. The smallest absolute Gasteiger partial charge is 0.307 e. The molecule has 1 amide bonds. The fraction of sp³-hybridized carbons (Fsp3) is 0.0556. The Hall–Kier alpha value is -4.04. The van der Waals surface area contributed by atoms with E-state index in [2.05, 4.69) is 20.1 Å². The molecular formula is C18H14N6O6S2. The molecule has 3 aromatic heterocycles. The number of benzene rings is 1. The van der Waals surface area contributed by atoms with Gasteiger partial charge in [-0.05, 0) is 36.4 Å². The molecule has 12 nitrogen and oxygen atoms in total. The summed E-state index contributed by atoms with van der Waals surface area (Å²) in [6, 6.07) is 8.61. The van der Waals surface area contributed by atoms with E-state index < -0.39 is 20.9 Å². The van der Waals surface area contributed by atoms with Gasteiger partial charge in [-0.1, -0.05) is 0 Å². The van der Waals surface area contributed by atoms with Crippen LogP contribution in [0.2, 0.25) is 0 Å². The van der Waals surface area contributed by atoms with Crippen molar-refractivity contribution < 1.29 is 22.6 Å². The molecule has 0 fully saturated rings. The van der Waals surface area contributed by atoms with Crippen molar-refractivity contribution in [2.75, 3.05) is 10.0 Å². The number of hydrogen-bond acceptors (Lipinski definition) is 9. The summed E-state index contributed by atoms with van der Waals surface area (Å²) in [6.45, 7) is 0.111.